The molecule has 0 saturated carbocycles. The minimum atomic E-state index is -1.18. The van der Waals surface area contributed by atoms with Crippen molar-refractivity contribution in [2.45, 2.75) is 38.8 Å². The number of aromatic nitrogens is 3. The maximum atomic E-state index is 16.6. The average molecular weight is 600 g/mol. The Labute approximate surface area is 252 Å². The lowest BCUT2D eigenvalue weighted by Gasteiger charge is -2.44. The highest BCUT2D eigenvalue weighted by atomic mass is 19.1. The van der Waals surface area contributed by atoms with Crippen molar-refractivity contribution in [1.82, 2.24) is 19.4 Å². The summed E-state index contributed by atoms with van der Waals surface area (Å²) in [5, 5.41) is 22.1. The summed E-state index contributed by atoms with van der Waals surface area (Å²) in [6, 6.07) is 6.09. The first-order valence-corrected chi connectivity index (χ1v) is 14.3. The summed E-state index contributed by atoms with van der Waals surface area (Å²) in [7, 11) is 0. The van der Waals surface area contributed by atoms with E-state index < -0.39 is 35.2 Å². The largest absolute Gasteiger partial charge is 0.507 e. The zero-order valence-electron chi connectivity index (χ0n) is 24.5. The Bertz CT molecular complexity index is 1920. The minimum absolute atomic E-state index is 0.0360. The number of hydrogen-bond donors (Lipinski definition) is 2. The Hall–Kier alpha value is -4.90. The number of hydrogen-bond acceptors (Lipinski definition) is 7. The van der Waals surface area contributed by atoms with Crippen molar-refractivity contribution in [3.8, 4) is 22.6 Å². The van der Waals surface area contributed by atoms with Crippen molar-refractivity contribution in [1.29, 1.82) is 0 Å². The zero-order valence-corrected chi connectivity index (χ0v) is 24.5. The topological polar surface area (TPSA) is 112 Å². The van der Waals surface area contributed by atoms with Gasteiger partial charge in [0, 0.05) is 37.0 Å². The molecule has 2 aliphatic heterocycles. The van der Waals surface area contributed by atoms with E-state index in [1.165, 1.54) is 41.0 Å². The number of nitrogens with zero attached hydrogens (tertiary/aromatic N) is 5. The van der Waals surface area contributed by atoms with Gasteiger partial charge in [-0.05, 0) is 48.7 Å². The summed E-state index contributed by atoms with van der Waals surface area (Å²) in [6.07, 6.45) is 4.46. The molecule has 44 heavy (non-hydrogen) atoms. The SMILES string of the molecule is C=CC(=O)N1CCN2c3nc(=O)n(-c4c(C)ccnc4C(C)C)c4cc(-c5c(O)cccc5F)c(F)c(c34)/C=C\C(O)C2C1. The Morgan fingerprint density at radius 2 is 1.98 bits per heavy atom. The number of fused-ring (bicyclic) bond motifs is 2. The molecule has 2 atom stereocenters. The number of phenols is 1. The number of phenolic OH excluding ortho intramolecular Hbond substituents is 1. The smallest absolute Gasteiger partial charge is 0.354 e. The zero-order chi connectivity index (χ0) is 31.4. The fourth-order valence-electron chi connectivity index (χ4n) is 6.22. The van der Waals surface area contributed by atoms with Crippen LogP contribution in [-0.4, -0.2) is 67.3 Å². The number of halogens is 2. The molecule has 0 spiro atoms. The van der Waals surface area contributed by atoms with E-state index in [9.17, 15) is 19.8 Å². The number of benzene rings is 2. The predicted molar refractivity (Wildman–Crippen MR) is 164 cm³/mol. The van der Waals surface area contributed by atoms with E-state index in [-0.39, 0.29) is 64.9 Å². The van der Waals surface area contributed by atoms with Gasteiger partial charge in [0.2, 0.25) is 5.91 Å². The van der Waals surface area contributed by atoms with Crippen molar-refractivity contribution in [2.24, 2.45) is 0 Å². The average Bonchev–Trinajstić information content (AvgIpc) is 2.99. The van der Waals surface area contributed by atoms with E-state index in [0.717, 1.165) is 11.6 Å². The predicted octanol–water partition coefficient (Wildman–Crippen LogP) is 4.45. The van der Waals surface area contributed by atoms with Gasteiger partial charge in [0.1, 0.15) is 23.2 Å². The molecule has 2 N–H and O–H groups in total. The first kappa shape index (κ1) is 29.2. The van der Waals surface area contributed by atoms with Crippen LogP contribution in [0.4, 0.5) is 14.6 Å². The molecule has 6 rings (SSSR count). The van der Waals surface area contributed by atoms with Gasteiger partial charge in [-0.15, -0.1) is 0 Å². The first-order chi connectivity index (χ1) is 21.0. The summed E-state index contributed by atoms with van der Waals surface area (Å²) < 4.78 is 33.2. The Morgan fingerprint density at radius 3 is 2.68 bits per heavy atom. The molecule has 9 nitrogen and oxygen atoms in total. The van der Waals surface area contributed by atoms with Crippen LogP contribution in [0.15, 0.2) is 60.1 Å². The van der Waals surface area contributed by atoms with E-state index >= 15 is 8.78 Å². The van der Waals surface area contributed by atoms with Gasteiger partial charge < -0.3 is 20.0 Å². The number of piperazine rings is 1. The highest BCUT2D eigenvalue weighted by Crippen LogP contribution is 2.42. The summed E-state index contributed by atoms with van der Waals surface area (Å²) in [5.74, 6) is -2.46. The van der Waals surface area contributed by atoms with Crippen LogP contribution in [0.1, 0.15) is 36.6 Å². The van der Waals surface area contributed by atoms with Gasteiger partial charge in [-0.25, -0.2) is 13.6 Å². The third kappa shape index (κ3) is 4.55. The third-order valence-electron chi connectivity index (χ3n) is 8.35. The highest BCUT2D eigenvalue weighted by Gasteiger charge is 2.37. The molecule has 0 bridgehead atoms. The Kier molecular flexibility index (Phi) is 7.28. The van der Waals surface area contributed by atoms with Crippen molar-refractivity contribution in [3.05, 3.63) is 94.2 Å². The minimum Gasteiger partial charge on any atom is -0.507 e. The van der Waals surface area contributed by atoms with E-state index in [1.807, 2.05) is 20.8 Å². The number of aliphatic hydroxyl groups is 1. The number of aryl methyl sites for hydroxylation is 1. The second kappa shape index (κ2) is 11.0. The van der Waals surface area contributed by atoms with Gasteiger partial charge in [-0.3, -0.25) is 14.3 Å². The van der Waals surface area contributed by atoms with E-state index in [1.54, 1.807) is 22.1 Å². The maximum absolute atomic E-state index is 16.6. The van der Waals surface area contributed by atoms with Gasteiger partial charge in [0.05, 0.1) is 40.0 Å². The molecular weight excluding hydrogens is 568 g/mol. The van der Waals surface area contributed by atoms with E-state index in [0.29, 0.717) is 11.4 Å². The fourth-order valence-corrected chi connectivity index (χ4v) is 6.22. The van der Waals surface area contributed by atoms with Crippen LogP contribution in [0.2, 0.25) is 0 Å². The van der Waals surface area contributed by atoms with Crippen LogP contribution >= 0.6 is 0 Å². The number of pyridine rings is 1. The number of carbonyl (C=O) groups is 1. The molecule has 2 unspecified atom stereocenters. The lowest BCUT2D eigenvalue weighted by atomic mass is 9.93. The maximum Gasteiger partial charge on any atom is 0.354 e. The normalized spacial score (nSPS) is 18.6. The lowest BCUT2D eigenvalue weighted by molar-refractivity contribution is -0.127. The van der Waals surface area contributed by atoms with Crippen LogP contribution in [-0.2, 0) is 4.79 Å². The standard InChI is InChI=1S/C33H31F2N5O4/c1-5-26(43)38-13-14-39-23(16-38)24(41)10-9-19-28-22(15-20(29(19)35)27-21(34)7-6-8-25(27)42)40(33(44)37-32(28)39)31-18(4)11-12-36-30(31)17(2)3/h5-12,15,17,23-24,41-42H,1,13-14,16H2,2-4H3/b10-9-. The van der Waals surface area contributed by atoms with Gasteiger partial charge >= 0.3 is 5.69 Å². The summed E-state index contributed by atoms with van der Waals surface area (Å²) in [6.45, 7) is 9.81. The molecule has 1 fully saturated rings. The Balaban J connectivity index is 1.76. The second-order valence-corrected chi connectivity index (χ2v) is 11.3. The molecule has 4 aromatic rings. The highest BCUT2D eigenvalue weighted by molar-refractivity contribution is 6.02. The molecule has 1 amide bonds. The van der Waals surface area contributed by atoms with Crippen LogP contribution in [0, 0.1) is 18.6 Å². The molecule has 0 aliphatic carbocycles. The van der Waals surface area contributed by atoms with Crippen molar-refractivity contribution in [2.75, 3.05) is 24.5 Å². The Morgan fingerprint density at radius 1 is 1.20 bits per heavy atom. The van der Waals surface area contributed by atoms with E-state index in [4.69, 9.17) is 0 Å². The number of aliphatic hydroxyl groups excluding tert-OH is 1. The molecule has 2 aromatic carbocycles. The summed E-state index contributed by atoms with van der Waals surface area (Å²) >= 11 is 0. The summed E-state index contributed by atoms with van der Waals surface area (Å²) in [4.78, 5) is 38.9. The molecule has 4 heterocycles. The first-order valence-electron chi connectivity index (χ1n) is 14.3. The number of carbonyl (C=O) groups excluding carboxylic acids is 1. The van der Waals surface area contributed by atoms with E-state index in [2.05, 4.69) is 16.5 Å². The van der Waals surface area contributed by atoms with Crippen LogP contribution in [0.25, 0.3) is 33.8 Å². The number of rotatable bonds is 4. The van der Waals surface area contributed by atoms with Crippen molar-refractivity contribution >= 4 is 28.7 Å². The summed E-state index contributed by atoms with van der Waals surface area (Å²) in [5.41, 5.74) is 0.664. The second-order valence-electron chi connectivity index (χ2n) is 11.3. The molecule has 1 saturated heterocycles. The number of aromatic hydroxyl groups is 1. The van der Waals surface area contributed by atoms with Gasteiger partial charge in [-0.2, -0.15) is 4.98 Å². The van der Waals surface area contributed by atoms with Gasteiger partial charge in [-0.1, -0.05) is 38.6 Å². The van der Waals surface area contributed by atoms with Crippen LogP contribution < -0.4 is 10.6 Å². The quantitative estimate of drug-likeness (QED) is 0.334. The number of anilines is 1. The van der Waals surface area contributed by atoms with Crippen LogP contribution in [0.3, 0.4) is 0 Å². The van der Waals surface area contributed by atoms with Crippen LogP contribution in [0.5, 0.6) is 5.75 Å². The van der Waals surface area contributed by atoms with Gasteiger partial charge in [0.25, 0.3) is 0 Å². The monoisotopic (exact) mass is 599 g/mol. The van der Waals surface area contributed by atoms with Gasteiger partial charge in [0.15, 0.2) is 0 Å². The molecule has 2 aliphatic rings. The fraction of sp³-hybridized carbons (Fsp3) is 0.273. The van der Waals surface area contributed by atoms with Crippen molar-refractivity contribution in [3.63, 3.8) is 0 Å². The molecule has 226 valence electrons. The molecular formula is C33H31F2N5O4. The molecule has 11 heteroatoms. The molecule has 2 aromatic heterocycles. The number of amides is 1. The van der Waals surface area contributed by atoms with Crippen molar-refractivity contribution < 1.29 is 23.8 Å². The molecule has 0 radical (unpaired) electrons. The third-order valence-corrected chi connectivity index (χ3v) is 8.35. The lowest BCUT2D eigenvalue weighted by Crippen LogP contribution is -2.59.